The summed E-state index contributed by atoms with van der Waals surface area (Å²) in [4.78, 5) is 24.1. The van der Waals surface area contributed by atoms with Gasteiger partial charge in [-0.1, -0.05) is 91.4 Å². The normalized spacial score (nSPS) is 12.0. The van der Waals surface area contributed by atoms with Gasteiger partial charge in [0.15, 0.2) is 0 Å². The number of methoxy groups -OCH3 is 1. The molecule has 0 aliphatic rings. The molecule has 0 aliphatic heterocycles. The van der Waals surface area contributed by atoms with Gasteiger partial charge in [-0.05, 0) is 18.8 Å². The average molecular weight is 430 g/mol. The Kier molecular flexibility index (Phi) is 20.0. The summed E-state index contributed by atoms with van der Waals surface area (Å²) in [5.41, 5.74) is 0. The molecule has 30 heavy (non-hydrogen) atoms. The summed E-state index contributed by atoms with van der Waals surface area (Å²) in [5, 5.41) is 2.61. The van der Waals surface area contributed by atoms with Crippen molar-refractivity contribution in [1.82, 2.24) is 5.32 Å². The van der Waals surface area contributed by atoms with Crippen LogP contribution < -0.4 is 5.32 Å². The van der Waals surface area contributed by atoms with Gasteiger partial charge in [-0.2, -0.15) is 0 Å². The lowest BCUT2D eigenvalue weighted by molar-refractivity contribution is -0.146. The van der Waals surface area contributed by atoms with E-state index < -0.39 is 12.1 Å². The smallest absolute Gasteiger partial charge is 0.407 e. The number of carbonyl (C=O) groups excluding carboxylic acids is 2. The van der Waals surface area contributed by atoms with Crippen LogP contribution in [0, 0.1) is 5.92 Å². The summed E-state index contributed by atoms with van der Waals surface area (Å²) in [6.07, 6.45) is 15.1. The highest BCUT2D eigenvalue weighted by atomic mass is 16.6. The maximum absolute atomic E-state index is 12.3. The fraction of sp³-hybridized carbons (Fsp3) is 0.917. The third-order valence-electron chi connectivity index (χ3n) is 5.05. The van der Waals surface area contributed by atoms with Gasteiger partial charge in [-0.3, -0.25) is 0 Å². The SMILES string of the molecule is CCCCCCCCCCCCCCOC(=O)C(CC(C)C)NC(=O)OCCOC. The zero-order valence-electron chi connectivity index (χ0n) is 20.0. The molecule has 1 N–H and O–H groups in total. The Morgan fingerprint density at radius 3 is 1.77 bits per heavy atom. The number of carbonyl (C=O) groups is 2. The van der Waals surface area contributed by atoms with Crippen molar-refractivity contribution in [2.75, 3.05) is 26.9 Å². The molecule has 0 aliphatic carbocycles. The van der Waals surface area contributed by atoms with Crippen molar-refractivity contribution in [2.45, 2.75) is 110 Å². The Hall–Kier alpha value is -1.30. The molecule has 0 heterocycles. The number of hydrogen-bond acceptors (Lipinski definition) is 5. The summed E-state index contributed by atoms with van der Waals surface area (Å²) in [6, 6.07) is -0.669. The molecule has 0 saturated heterocycles. The molecule has 1 amide bonds. The van der Waals surface area contributed by atoms with Gasteiger partial charge in [-0.15, -0.1) is 0 Å². The number of hydrogen-bond donors (Lipinski definition) is 1. The summed E-state index contributed by atoms with van der Waals surface area (Å²) in [5.74, 6) is -0.121. The Balaban J connectivity index is 3.79. The minimum absolute atomic E-state index is 0.157. The number of amides is 1. The van der Waals surface area contributed by atoms with Crippen molar-refractivity contribution in [2.24, 2.45) is 5.92 Å². The van der Waals surface area contributed by atoms with E-state index in [0.717, 1.165) is 12.8 Å². The van der Waals surface area contributed by atoms with Crippen LogP contribution in [0.2, 0.25) is 0 Å². The number of ether oxygens (including phenoxy) is 3. The molecule has 6 nitrogen and oxygen atoms in total. The van der Waals surface area contributed by atoms with Crippen LogP contribution in [0.25, 0.3) is 0 Å². The highest BCUT2D eigenvalue weighted by molar-refractivity contribution is 5.81. The predicted octanol–water partition coefficient (Wildman–Crippen LogP) is 6.02. The molecular weight excluding hydrogens is 382 g/mol. The van der Waals surface area contributed by atoms with Crippen molar-refractivity contribution in [3.63, 3.8) is 0 Å². The fourth-order valence-corrected chi connectivity index (χ4v) is 3.30. The maximum atomic E-state index is 12.3. The van der Waals surface area contributed by atoms with E-state index in [1.807, 2.05) is 13.8 Å². The first-order valence-corrected chi connectivity index (χ1v) is 12.1. The lowest BCUT2D eigenvalue weighted by atomic mass is 10.0. The molecule has 0 rings (SSSR count). The number of esters is 1. The van der Waals surface area contributed by atoms with Crippen molar-refractivity contribution in [3.8, 4) is 0 Å². The molecule has 178 valence electrons. The zero-order valence-corrected chi connectivity index (χ0v) is 20.0. The number of nitrogens with one attached hydrogen (secondary N) is 1. The summed E-state index contributed by atoms with van der Waals surface area (Å²) in [7, 11) is 1.54. The molecule has 0 spiro atoms. The Labute approximate surface area is 184 Å². The maximum Gasteiger partial charge on any atom is 0.407 e. The Morgan fingerprint density at radius 2 is 1.27 bits per heavy atom. The summed E-state index contributed by atoms with van der Waals surface area (Å²) < 4.78 is 15.2. The van der Waals surface area contributed by atoms with Crippen LogP contribution in [-0.2, 0) is 19.0 Å². The van der Waals surface area contributed by atoms with Crippen LogP contribution in [-0.4, -0.2) is 45.0 Å². The summed E-state index contributed by atoms with van der Waals surface area (Å²) in [6.45, 7) is 7.15. The summed E-state index contributed by atoms with van der Waals surface area (Å²) >= 11 is 0. The first-order valence-electron chi connectivity index (χ1n) is 12.1. The highest BCUT2D eigenvalue weighted by Gasteiger charge is 2.24. The van der Waals surface area contributed by atoms with Crippen LogP contribution in [0.15, 0.2) is 0 Å². The van der Waals surface area contributed by atoms with E-state index in [1.54, 1.807) is 0 Å². The highest BCUT2D eigenvalue weighted by Crippen LogP contribution is 2.12. The molecule has 0 aromatic heterocycles. The van der Waals surface area contributed by atoms with Gasteiger partial charge < -0.3 is 19.5 Å². The molecule has 0 aromatic rings. The van der Waals surface area contributed by atoms with Crippen LogP contribution >= 0.6 is 0 Å². The molecule has 0 aromatic carbocycles. The molecule has 0 fully saturated rings. The van der Waals surface area contributed by atoms with E-state index in [2.05, 4.69) is 12.2 Å². The van der Waals surface area contributed by atoms with E-state index in [1.165, 1.54) is 71.3 Å². The van der Waals surface area contributed by atoms with E-state index in [4.69, 9.17) is 14.2 Å². The van der Waals surface area contributed by atoms with Gasteiger partial charge in [-0.25, -0.2) is 9.59 Å². The minimum atomic E-state index is -0.669. The van der Waals surface area contributed by atoms with Gasteiger partial charge in [0.1, 0.15) is 12.6 Å². The third kappa shape index (κ3) is 18.7. The van der Waals surface area contributed by atoms with Crippen molar-refractivity contribution >= 4 is 12.1 Å². The lowest BCUT2D eigenvalue weighted by Crippen LogP contribution is -2.43. The van der Waals surface area contributed by atoms with Gasteiger partial charge in [0, 0.05) is 7.11 Å². The topological polar surface area (TPSA) is 73.9 Å². The van der Waals surface area contributed by atoms with E-state index in [9.17, 15) is 9.59 Å². The van der Waals surface area contributed by atoms with Crippen molar-refractivity contribution in [3.05, 3.63) is 0 Å². The fourth-order valence-electron chi connectivity index (χ4n) is 3.30. The second-order valence-corrected chi connectivity index (χ2v) is 8.51. The van der Waals surface area contributed by atoms with Gasteiger partial charge >= 0.3 is 12.1 Å². The van der Waals surface area contributed by atoms with E-state index in [0.29, 0.717) is 19.6 Å². The number of unbranched alkanes of at least 4 members (excludes halogenated alkanes) is 11. The molecule has 1 unspecified atom stereocenters. The van der Waals surface area contributed by atoms with E-state index in [-0.39, 0.29) is 18.5 Å². The second-order valence-electron chi connectivity index (χ2n) is 8.51. The van der Waals surface area contributed by atoms with Crippen LogP contribution in [0.1, 0.15) is 104 Å². The van der Waals surface area contributed by atoms with Crippen LogP contribution in [0.3, 0.4) is 0 Å². The second kappa shape index (κ2) is 21.0. The van der Waals surface area contributed by atoms with Crippen molar-refractivity contribution in [1.29, 1.82) is 0 Å². The van der Waals surface area contributed by atoms with E-state index >= 15 is 0 Å². The Bertz CT molecular complexity index is 414. The van der Waals surface area contributed by atoms with Gasteiger partial charge in [0.2, 0.25) is 0 Å². The minimum Gasteiger partial charge on any atom is -0.464 e. The number of alkyl carbamates (subject to hydrolysis) is 1. The molecule has 0 bridgehead atoms. The molecular formula is C24H47NO5. The van der Waals surface area contributed by atoms with Crippen LogP contribution in [0.4, 0.5) is 4.79 Å². The first-order chi connectivity index (χ1) is 14.5. The average Bonchev–Trinajstić information content (AvgIpc) is 2.70. The monoisotopic (exact) mass is 429 g/mol. The van der Waals surface area contributed by atoms with Gasteiger partial charge in [0.05, 0.1) is 13.2 Å². The first kappa shape index (κ1) is 28.7. The largest absolute Gasteiger partial charge is 0.464 e. The number of rotatable bonds is 20. The molecule has 0 saturated carbocycles. The van der Waals surface area contributed by atoms with Crippen molar-refractivity contribution < 1.29 is 23.8 Å². The predicted molar refractivity (Wildman–Crippen MR) is 122 cm³/mol. The van der Waals surface area contributed by atoms with Crippen LogP contribution in [0.5, 0.6) is 0 Å². The third-order valence-corrected chi connectivity index (χ3v) is 5.05. The molecule has 1 atom stereocenters. The zero-order chi connectivity index (χ0) is 22.5. The molecule has 0 radical (unpaired) electrons. The molecule has 6 heteroatoms. The lowest BCUT2D eigenvalue weighted by Gasteiger charge is -2.19. The standard InChI is InChI=1S/C24H47NO5/c1-5-6-7-8-9-10-11-12-13-14-15-16-17-29-23(26)22(20-21(2)3)25-24(27)30-19-18-28-4/h21-22H,5-20H2,1-4H3,(H,25,27). The van der Waals surface area contributed by atoms with Gasteiger partial charge in [0.25, 0.3) is 0 Å². The quantitative estimate of drug-likeness (QED) is 0.189. The Morgan fingerprint density at radius 1 is 0.733 bits per heavy atom.